The Bertz CT molecular complexity index is 496. The summed E-state index contributed by atoms with van der Waals surface area (Å²) in [7, 11) is 0. The summed E-state index contributed by atoms with van der Waals surface area (Å²) in [5.74, 6) is 0.800. The number of ether oxygens (including phenoxy) is 1. The largest absolute Gasteiger partial charge is 0.371 e. The average molecular weight is 302 g/mol. The minimum atomic E-state index is 0.229. The molecule has 0 bridgehead atoms. The average Bonchev–Trinajstić information content (AvgIpc) is 2.53. The van der Waals surface area contributed by atoms with E-state index >= 15 is 0 Å². The monoisotopic (exact) mass is 302 g/mol. The topological polar surface area (TPSA) is 24.5 Å². The van der Waals surface area contributed by atoms with Crippen molar-refractivity contribution in [2.45, 2.75) is 45.8 Å². The summed E-state index contributed by atoms with van der Waals surface area (Å²) in [6, 6.07) is 7.25. The van der Waals surface area contributed by atoms with Crippen LogP contribution in [0.5, 0.6) is 0 Å². The normalized spacial score (nSPS) is 30.4. The molecule has 1 N–H and O–H groups in total. The summed E-state index contributed by atoms with van der Waals surface area (Å²) in [5.41, 5.74) is 4.05. The molecule has 1 aromatic carbocycles. The number of rotatable bonds is 3. The third kappa shape index (κ3) is 3.70. The number of nitrogens with one attached hydrogen (secondary N) is 1. The summed E-state index contributed by atoms with van der Waals surface area (Å²) in [5, 5.41) is 3.54. The molecule has 3 nitrogen and oxygen atoms in total. The highest BCUT2D eigenvalue weighted by Gasteiger charge is 2.29. The summed E-state index contributed by atoms with van der Waals surface area (Å²) in [6.07, 6.45) is 2.92. The maximum atomic E-state index is 6.17. The van der Waals surface area contributed by atoms with E-state index < -0.39 is 0 Å². The molecular weight excluding hydrogens is 272 g/mol. The van der Waals surface area contributed by atoms with Crippen molar-refractivity contribution in [1.29, 1.82) is 0 Å². The molecule has 3 atom stereocenters. The van der Waals surface area contributed by atoms with Gasteiger partial charge in [0.05, 0.1) is 12.7 Å². The molecule has 0 saturated carbocycles. The third-order valence-electron chi connectivity index (χ3n) is 5.24. The van der Waals surface area contributed by atoms with Gasteiger partial charge in [0, 0.05) is 19.1 Å². The first kappa shape index (κ1) is 16.0. The van der Waals surface area contributed by atoms with E-state index in [1.54, 1.807) is 0 Å². The van der Waals surface area contributed by atoms with Gasteiger partial charge in [0.2, 0.25) is 0 Å². The molecule has 122 valence electrons. The lowest BCUT2D eigenvalue weighted by atomic mass is 9.96. The third-order valence-corrected chi connectivity index (χ3v) is 5.24. The molecule has 0 aromatic heterocycles. The molecule has 2 aliphatic heterocycles. The van der Waals surface area contributed by atoms with Crippen molar-refractivity contribution >= 4 is 0 Å². The van der Waals surface area contributed by atoms with E-state index in [9.17, 15) is 0 Å². The van der Waals surface area contributed by atoms with Crippen LogP contribution in [0, 0.1) is 19.8 Å². The standard InChI is InChI=1S/C19H30N2O/c1-14-6-7-15(2)18(9-14)19-12-21(16(3)13-22-19)11-17-5-4-8-20-10-17/h6-7,9,16-17,19-20H,4-5,8,10-13H2,1-3H3. The Morgan fingerprint density at radius 2 is 2.18 bits per heavy atom. The summed E-state index contributed by atoms with van der Waals surface area (Å²) in [6.45, 7) is 12.1. The van der Waals surface area contributed by atoms with E-state index in [1.165, 1.54) is 49.2 Å². The van der Waals surface area contributed by atoms with Crippen LogP contribution in [0.4, 0.5) is 0 Å². The molecule has 3 unspecified atom stereocenters. The lowest BCUT2D eigenvalue weighted by Crippen LogP contribution is -2.49. The molecule has 2 saturated heterocycles. The predicted octanol–water partition coefficient (Wildman–Crippen LogP) is 3.06. The van der Waals surface area contributed by atoms with E-state index in [1.807, 2.05) is 0 Å². The molecule has 0 spiro atoms. The lowest BCUT2D eigenvalue weighted by molar-refractivity contribution is -0.0656. The zero-order valence-electron chi connectivity index (χ0n) is 14.3. The van der Waals surface area contributed by atoms with Gasteiger partial charge < -0.3 is 10.1 Å². The summed E-state index contributed by atoms with van der Waals surface area (Å²) >= 11 is 0. The van der Waals surface area contributed by atoms with Crippen molar-refractivity contribution in [3.8, 4) is 0 Å². The van der Waals surface area contributed by atoms with Gasteiger partial charge in [0.15, 0.2) is 0 Å². The second-order valence-electron chi connectivity index (χ2n) is 7.20. The van der Waals surface area contributed by atoms with Crippen LogP contribution in [0.25, 0.3) is 0 Å². The molecule has 2 fully saturated rings. The molecule has 0 amide bonds. The molecule has 0 aliphatic carbocycles. The first-order valence-corrected chi connectivity index (χ1v) is 8.77. The van der Waals surface area contributed by atoms with Gasteiger partial charge in [-0.3, -0.25) is 4.90 Å². The Morgan fingerprint density at radius 1 is 1.32 bits per heavy atom. The van der Waals surface area contributed by atoms with Crippen molar-refractivity contribution in [2.24, 2.45) is 5.92 Å². The SMILES string of the molecule is Cc1ccc(C)c(C2CN(CC3CCCNC3)C(C)CO2)c1. The van der Waals surface area contributed by atoms with Gasteiger partial charge in [0.1, 0.15) is 0 Å². The smallest absolute Gasteiger partial charge is 0.0955 e. The Balaban J connectivity index is 1.68. The Hall–Kier alpha value is -0.900. The number of nitrogens with zero attached hydrogens (tertiary/aromatic N) is 1. The van der Waals surface area contributed by atoms with Gasteiger partial charge in [0.25, 0.3) is 0 Å². The zero-order valence-corrected chi connectivity index (χ0v) is 14.3. The molecule has 3 heteroatoms. The fraction of sp³-hybridized carbons (Fsp3) is 0.684. The van der Waals surface area contributed by atoms with Gasteiger partial charge in [-0.25, -0.2) is 0 Å². The molecular formula is C19H30N2O. The number of morpholine rings is 1. The van der Waals surface area contributed by atoms with Gasteiger partial charge in [-0.15, -0.1) is 0 Å². The molecule has 2 heterocycles. The van der Waals surface area contributed by atoms with Crippen LogP contribution in [0.2, 0.25) is 0 Å². The van der Waals surface area contributed by atoms with Crippen molar-refractivity contribution < 1.29 is 4.74 Å². The first-order chi connectivity index (χ1) is 10.6. The second-order valence-corrected chi connectivity index (χ2v) is 7.20. The molecule has 2 aliphatic rings. The minimum absolute atomic E-state index is 0.229. The van der Waals surface area contributed by atoms with E-state index in [-0.39, 0.29) is 6.10 Å². The van der Waals surface area contributed by atoms with Crippen molar-refractivity contribution in [3.63, 3.8) is 0 Å². The quantitative estimate of drug-likeness (QED) is 0.929. The lowest BCUT2D eigenvalue weighted by Gasteiger charge is -2.41. The van der Waals surface area contributed by atoms with Gasteiger partial charge >= 0.3 is 0 Å². The predicted molar refractivity (Wildman–Crippen MR) is 91.2 cm³/mol. The van der Waals surface area contributed by atoms with Crippen LogP contribution >= 0.6 is 0 Å². The van der Waals surface area contributed by atoms with E-state index in [0.717, 1.165) is 19.1 Å². The molecule has 0 radical (unpaired) electrons. The number of aryl methyl sites for hydroxylation is 2. The van der Waals surface area contributed by atoms with Crippen LogP contribution < -0.4 is 5.32 Å². The number of hydrogen-bond donors (Lipinski definition) is 1. The maximum Gasteiger partial charge on any atom is 0.0955 e. The Morgan fingerprint density at radius 3 is 2.95 bits per heavy atom. The van der Waals surface area contributed by atoms with Crippen molar-refractivity contribution in [2.75, 3.05) is 32.8 Å². The van der Waals surface area contributed by atoms with Gasteiger partial charge in [-0.05, 0) is 63.7 Å². The fourth-order valence-electron chi connectivity index (χ4n) is 3.77. The maximum absolute atomic E-state index is 6.17. The van der Waals surface area contributed by atoms with Gasteiger partial charge in [-0.1, -0.05) is 23.8 Å². The van der Waals surface area contributed by atoms with Crippen LogP contribution in [-0.4, -0.2) is 43.7 Å². The Labute approximate surface area is 135 Å². The minimum Gasteiger partial charge on any atom is -0.371 e. The van der Waals surface area contributed by atoms with Crippen LogP contribution in [-0.2, 0) is 4.74 Å². The molecule has 3 rings (SSSR count). The zero-order chi connectivity index (χ0) is 15.5. The first-order valence-electron chi connectivity index (χ1n) is 8.77. The van der Waals surface area contributed by atoms with Gasteiger partial charge in [-0.2, -0.15) is 0 Å². The highest BCUT2D eigenvalue weighted by atomic mass is 16.5. The highest BCUT2D eigenvalue weighted by Crippen LogP contribution is 2.29. The van der Waals surface area contributed by atoms with Crippen molar-refractivity contribution in [1.82, 2.24) is 10.2 Å². The van der Waals surface area contributed by atoms with E-state index in [4.69, 9.17) is 4.74 Å². The highest BCUT2D eigenvalue weighted by molar-refractivity contribution is 5.32. The van der Waals surface area contributed by atoms with Crippen LogP contribution in [0.15, 0.2) is 18.2 Å². The number of hydrogen-bond acceptors (Lipinski definition) is 3. The van der Waals surface area contributed by atoms with Crippen LogP contribution in [0.1, 0.15) is 42.6 Å². The van der Waals surface area contributed by atoms with E-state index in [0.29, 0.717) is 6.04 Å². The van der Waals surface area contributed by atoms with Crippen LogP contribution in [0.3, 0.4) is 0 Å². The summed E-state index contributed by atoms with van der Waals surface area (Å²) < 4.78 is 6.17. The van der Waals surface area contributed by atoms with Crippen molar-refractivity contribution in [3.05, 3.63) is 34.9 Å². The second kappa shape index (κ2) is 7.12. The number of benzene rings is 1. The molecule has 1 aromatic rings. The summed E-state index contributed by atoms with van der Waals surface area (Å²) in [4.78, 5) is 2.65. The van der Waals surface area contributed by atoms with E-state index in [2.05, 4.69) is 49.2 Å². The fourth-order valence-corrected chi connectivity index (χ4v) is 3.77. The molecule has 22 heavy (non-hydrogen) atoms. The Kier molecular flexibility index (Phi) is 5.17. The number of piperidine rings is 1.